The van der Waals surface area contributed by atoms with E-state index >= 15 is 0 Å². The van der Waals surface area contributed by atoms with E-state index in [0.29, 0.717) is 6.61 Å². The van der Waals surface area contributed by atoms with Crippen LogP contribution in [-0.4, -0.2) is 30.2 Å². The summed E-state index contributed by atoms with van der Waals surface area (Å²) in [6.07, 6.45) is 4.64. The molecule has 1 saturated heterocycles. The Balaban J connectivity index is 2.23. The third kappa shape index (κ3) is 3.56. The standard InChI is InChI=1S/C11H22O3/c1-3-11(12,4-2)9-14-10-7-5-6-8-13-10/h10,12H,3-9H2,1-2H3. The van der Waals surface area contributed by atoms with Gasteiger partial charge in [0.1, 0.15) is 0 Å². The monoisotopic (exact) mass is 202 g/mol. The molecule has 3 heteroatoms. The molecule has 0 aromatic carbocycles. The van der Waals surface area contributed by atoms with Crippen LogP contribution in [-0.2, 0) is 9.47 Å². The molecule has 0 spiro atoms. The number of hydrogen-bond acceptors (Lipinski definition) is 3. The van der Waals surface area contributed by atoms with Crippen LogP contribution >= 0.6 is 0 Å². The van der Waals surface area contributed by atoms with Gasteiger partial charge in [-0.3, -0.25) is 0 Å². The highest BCUT2D eigenvalue weighted by Gasteiger charge is 2.25. The first-order valence-electron chi connectivity index (χ1n) is 5.66. The Morgan fingerprint density at radius 1 is 1.36 bits per heavy atom. The van der Waals surface area contributed by atoms with Gasteiger partial charge in [-0.25, -0.2) is 0 Å². The lowest BCUT2D eigenvalue weighted by Gasteiger charge is -2.29. The quantitative estimate of drug-likeness (QED) is 0.742. The number of hydrogen-bond donors (Lipinski definition) is 1. The van der Waals surface area contributed by atoms with Gasteiger partial charge in [-0.1, -0.05) is 13.8 Å². The van der Waals surface area contributed by atoms with Crippen LogP contribution in [0.3, 0.4) is 0 Å². The van der Waals surface area contributed by atoms with Crippen molar-refractivity contribution in [2.75, 3.05) is 13.2 Å². The predicted molar refractivity (Wildman–Crippen MR) is 55.1 cm³/mol. The summed E-state index contributed by atoms with van der Waals surface area (Å²) in [6, 6.07) is 0. The minimum Gasteiger partial charge on any atom is -0.388 e. The number of rotatable bonds is 5. The van der Waals surface area contributed by atoms with Gasteiger partial charge in [0.15, 0.2) is 6.29 Å². The molecule has 1 rings (SSSR count). The van der Waals surface area contributed by atoms with Gasteiger partial charge in [0.2, 0.25) is 0 Å². The van der Waals surface area contributed by atoms with Crippen molar-refractivity contribution >= 4 is 0 Å². The summed E-state index contributed by atoms with van der Waals surface area (Å²) in [5.74, 6) is 0. The topological polar surface area (TPSA) is 38.7 Å². The van der Waals surface area contributed by atoms with Gasteiger partial charge >= 0.3 is 0 Å². The molecule has 0 radical (unpaired) electrons. The summed E-state index contributed by atoms with van der Waals surface area (Å²) < 4.78 is 11.0. The van der Waals surface area contributed by atoms with E-state index in [4.69, 9.17) is 9.47 Å². The van der Waals surface area contributed by atoms with Crippen molar-refractivity contribution in [2.45, 2.75) is 57.8 Å². The van der Waals surface area contributed by atoms with Crippen molar-refractivity contribution in [2.24, 2.45) is 0 Å². The van der Waals surface area contributed by atoms with Crippen molar-refractivity contribution in [3.05, 3.63) is 0 Å². The van der Waals surface area contributed by atoms with Crippen molar-refractivity contribution in [3.63, 3.8) is 0 Å². The summed E-state index contributed by atoms with van der Waals surface area (Å²) in [7, 11) is 0. The summed E-state index contributed by atoms with van der Waals surface area (Å²) >= 11 is 0. The highest BCUT2D eigenvalue weighted by Crippen LogP contribution is 2.19. The zero-order chi connectivity index (χ0) is 10.4. The Kier molecular flexibility index (Phi) is 4.85. The molecular weight excluding hydrogens is 180 g/mol. The third-order valence-corrected chi connectivity index (χ3v) is 2.99. The normalized spacial score (nSPS) is 23.8. The Labute approximate surface area is 86.4 Å². The first-order chi connectivity index (χ1) is 6.70. The Hall–Kier alpha value is -0.120. The van der Waals surface area contributed by atoms with Crippen LogP contribution in [0.25, 0.3) is 0 Å². The zero-order valence-corrected chi connectivity index (χ0v) is 9.29. The summed E-state index contributed by atoms with van der Waals surface area (Å²) in [5.41, 5.74) is -0.666. The molecule has 0 saturated carbocycles. The second-order valence-electron chi connectivity index (χ2n) is 4.04. The third-order valence-electron chi connectivity index (χ3n) is 2.99. The molecule has 1 aliphatic rings. The zero-order valence-electron chi connectivity index (χ0n) is 9.29. The van der Waals surface area contributed by atoms with Crippen molar-refractivity contribution < 1.29 is 14.6 Å². The van der Waals surface area contributed by atoms with E-state index in [1.165, 1.54) is 6.42 Å². The largest absolute Gasteiger partial charge is 0.388 e. The molecular formula is C11H22O3. The average Bonchev–Trinajstić information content (AvgIpc) is 2.27. The Morgan fingerprint density at radius 3 is 2.57 bits per heavy atom. The van der Waals surface area contributed by atoms with E-state index in [1.54, 1.807) is 0 Å². The molecule has 1 unspecified atom stereocenters. The van der Waals surface area contributed by atoms with Crippen molar-refractivity contribution in [1.82, 2.24) is 0 Å². The summed E-state index contributed by atoms with van der Waals surface area (Å²) in [4.78, 5) is 0. The molecule has 14 heavy (non-hydrogen) atoms. The molecule has 1 N–H and O–H groups in total. The first-order valence-corrected chi connectivity index (χ1v) is 5.66. The predicted octanol–water partition coefficient (Wildman–Crippen LogP) is 2.08. The van der Waals surface area contributed by atoms with E-state index in [0.717, 1.165) is 32.3 Å². The van der Waals surface area contributed by atoms with Crippen LogP contribution in [0.2, 0.25) is 0 Å². The summed E-state index contributed by atoms with van der Waals surface area (Å²) in [6.45, 7) is 5.15. The van der Waals surface area contributed by atoms with Crippen LogP contribution in [0.4, 0.5) is 0 Å². The Morgan fingerprint density at radius 2 is 2.07 bits per heavy atom. The lowest BCUT2D eigenvalue weighted by Crippen LogP contribution is -2.36. The molecule has 1 fully saturated rings. The van der Waals surface area contributed by atoms with Crippen LogP contribution in [0.1, 0.15) is 46.0 Å². The van der Waals surface area contributed by atoms with Gasteiger partial charge in [0.25, 0.3) is 0 Å². The number of aliphatic hydroxyl groups is 1. The maximum absolute atomic E-state index is 9.98. The van der Waals surface area contributed by atoms with Gasteiger partial charge < -0.3 is 14.6 Å². The second kappa shape index (κ2) is 5.69. The van der Waals surface area contributed by atoms with Gasteiger partial charge in [-0.15, -0.1) is 0 Å². The fraction of sp³-hybridized carbons (Fsp3) is 1.00. The Bertz CT molecular complexity index is 149. The van der Waals surface area contributed by atoms with Crippen LogP contribution in [0.5, 0.6) is 0 Å². The van der Waals surface area contributed by atoms with Crippen LogP contribution in [0.15, 0.2) is 0 Å². The molecule has 1 aliphatic heterocycles. The first kappa shape index (κ1) is 12.0. The maximum atomic E-state index is 9.98. The SMILES string of the molecule is CCC(O)(CC)COC1CCCCO1. The van der Waals surface area contributed by atoms with Gasteiger partial charge in [0.05, 0.1) is 12.2 Å². The molecule has 1 heterocycles. The van der Waals surface area contributed by atoms with Crippen molar-refractivity contribution in [1.29, 1.82) is 0 Å². The molecule has 3 nitrogen and oxygen atoms in total. The van der Waals surface area contributed by atoms with Gasteiger partial charge in [-0.05, 0) is 32.1 Å². The molecule has 0 aromatic rings. The second-order valence-corrected chi connectivity index (χ2v) is 4.04. The van der Waals surface area contributed by atoms with E-state index in [2.05, 4.69) is 0 Å². The summed E-state index contributed by atoms with van der Waals surface area (Å²) in [5, 5.41) is 9.98. The fourth-order valence-corrected chi connectivity index (χ4v) is 1.54. The number of ether oxygens (including phenoxy) is 2. The van der Waals surface area contributed by atoms with E-state index < -0.39 is 5.60 Å². The van der Waals surface area contributed by atoms with Crippen LogP contribution in [0, 0.1) is 0 Å². The van der Waals surface area contributed by atoms with Gasteiger partial charge in [-0.2, -0.15) is 0 Å². The van der Waals surface area contributed by atoms with Crippen molar-refractivity contribution in [3.8, 4) is 0 Å². The highest BCUT2D eigenvalue weighted by atomic mass is 16.7. The molecule has 0 amide bonds. The van der Waals surface area contributed by atoms with E-state index in [9.17, 15) is 5.11 Å². The van der Waals surface area contributed by atoms with Gasteiger partial charge in [0, 0.05) is 6.61 Å². The molecule has 1 atom stereocenters. The minimum atomic E-state index is -0.666. The minimum absolute atomic E-state index is 0.0895. The lowest BCUT2D eigenvalue weighted by molar-refractivity contribution is -0.192. The molecule has 0 bridgehead atoms. The molecule has 0 aromatic heterocycles. The fourth-order valence-electron chi connectivity index (χ4n) is 1.54. The average molecular weight is 202 g/mol. The molecule has 0 aliphatic carbocycles. The lowest BCUT2D eigenvalue weighted by atomic mass is 9.99. The highest BCUT2D eigenvalue weighted by molar-refractivity contribution is 4.74. The molecule has 84 valence electrons. The van der Waals surface area contributed by atoms with Crippen LogP contribution < -0.4 is 0 Å². The maximum Gasteiger partial charge on any atom is 0.157 e. The van der Waals surface area contributed by atoms with E-state index in [1.807, 2.05) is 13.8 Å². The smallest absolute Gasteiger partial charge is 0.157 e. The van der Waals surface area contributed by atoms with E-state index in [-0.39, 0.29) is 6.29 Å².